The zero-order chi connectivity index (χ0) is 15.5. The zero-order valence-corrected chi connectivity index (χ0v) is 13.4. The van der Waals surface area contributed by atoms with Crippen molar-refractivity contribution < 1.29 is 9.90 Å². The number of nitrogens with zero attached hydrogens (tertiary/aromatic N) is 1. The molecule has 0 bridgehead atoms. The minimum Gasteiger partial charge on any atom is -0.396 e. The Bertz CT molecular complexity index is 647. The van der Waals surface area contributed by atoms with Crippen LogP contribution in [0.5, 0.6) is 0 Å². The number of aromatic nitrogens is 1. The Labute approximate surface area is 134 Å². The van der Waals surface area contributed by atoms with Crippen LogP contribution in [0, 0.1) is 12.8 Å². The summed E-state index contributed by atoms with van der Waals surface area (Å²) >= 11 is 1.48. The molecule has 1 aliphatic rings. The van der Waals surface area contributed by atoms with Gasteiger partial charge in [0.2, 0.25) is 0 Å². The van der Waals surface area contributed by atoms with E-state index in [0.29, 0.717) is 18.0 Å². The maximum absolute atomic E-state index is 12.3. The number of aliphatic hydroxyl groups is 1. The van der Waals surface area contributed by atoms with E-state index < -0.39 is 0 Å². The summed E-state index contributed by atoms with van der Waals surface area (Å²) in [5, 5.41) is 14.8. The van der Waals surface area contributed by atoms with Crippen LogP contribution in [-0.2, 0) is 0 Å². The van der Waals surface area contributed by atoms with Crippen molar-refractivity contribution >= 4 is 17.2 Å². The number of carbonyl (C=O) groups is 1. The number of thiazole rings is 1. The van der Waals surface area contributed by atoms with Gasteiger partial charge < -0.3 is 10.4 Å². The fourth-order valence-corrected chi connectivity index (χ4v) is 3.32. The van der Waals surface area contributed by atoms with Crippen LogP contribution in [0.2, 0.25) is 0 Å². The second-order valence-corrected chi connectivity index (χ2v) is 6.69. The largest absolute Gasteiger partial charge is 0.396 e. The molecule has 0 spiro atoms. The van der Waals surface area contributed by atoms with Crippen molar-refractivity contribution in [1.29, 1.82) is 0 Å². The Morgan fingerprint density at radius 3 is 2.77 bits per heavy atom. The summed E-state index contributed by atoms with van der Waals surface area (Å²) in [6, 6.07) is 8.20. The first kappa shape index (κ1) is 15.2. The Kier molecular flexibility index (Phi) is 4.55. The van der Waals surface area contributed by atoms with E-state index >= 15 is 0 Å². The highest BCUT2D eigenvalue weighted by molar-refractivity contribution is 7.13. The maximum Gasteiger partial charge on any atom is 0.271 e. The Morgan fingerprint density at radius 1 is 1.41 bits per heavy atom. The molecule has 1 saturated carbocycles. The van der Waals surface area contributed by atoms with Crippen LogP contribution >= 0.6 is 11.3 Å². The lowest BCUT2D eigenvalue weighted by molar-refractivity contribution is 0.0920. The smallest absolute Gasteiger partial charge is 0.271 e. The van der Waals surface area contributed by atoms with Crippen molar-refractivity contribution in [1.82, 2.24) is 10.3 Å². The summed E-state index contributed by atoms with van der Waals surface area (Å²) in [4.78, 5) is 16.8. The maximum atomic E-state index is 12.3. The molecule has 1 unspecified atom stereocenters. The van der Waals surface area contributed by atoms with Crippen LogP contribution in [0.4, 0.5) is 0 Å². The monoisotopic (exact) mass is 316 g/mol. The van der Waals surface area contributed by atoms with Gasteiger partial charge in [-0.05, 0) is 32.1 Å². The number of aliphatic hydroxyl groups excluding tert-OH is 1. The van der Waals surface area contributed by atoms with Gasteiger partial charge in [-0.1, -0.05) is 29.8 Å². The SMILES string of the molecule is Cc1ccc(-c2nc(C(=O)NC(CCO)C3CC3)cs2)cc1. The van der Waals surface area contributed by atoms with E-state index in [1.807, 2.05) is 31.2 Å². The Hall–Kier alpha value is -1.72. The average molecular weight is 316 g/mol. The molecule has 0 radical (unpaired) electrons. The molecule has 1 atom stereocenters. The van der Waals surface area contributed by atoms with Gasteiger partial charge in [0.1, 0.15) is 10.7 Å². The van der Waals surface area contributed by atoms with Crippen molar-refractivity contribution in [2.24, 2.45) is 5.92 Å². The molecule has 1 fully saturated rings. The lowest BCUT2D eigenvalue weighted by Gasteiger charge is -2.16. The quantitative estimate of drug-likeness (QED) is 0.861. The highest BCUT2D eigenvalue weighted by Gasteiger charge is 2.32. The first-order valence-electron chi connectivity index (χ1n) is 7.61. The molecule has 0 aliphatic heterocycles. The van der Waals surface area contributed by atoms with Gasteiger partial charge >= 0.3 is 0 Å². The number of hydrogen-bond acceptors (Lipinski definition) is 4. The van der Waals surface area contributed by atoms with E-state index in [9.17, 15) is 4.79 Å². The van der Waals surface area contributed by atoms with Gasteiger partial charge in [0.25, 0.3) is 5.91 Å². The van der Waals surface area contributed by atoms with Gasteiger partial charge in [-0.15, -0.1) is 11.3 Å². The average Bonchev–Trinajstić information content (AvgIpc) is 3.24. The fourth-order valence-electron chi connectivity index (χ4n) is 2.51. The minimum atomic E-state index is -0.139. The number of aryl methyl sites for hydroxylation is 1. The molecule has 1 amide bonds. The summed E-state index contributed by atoms with van der Waals surface area (Å²) in [6.45, 7) is 2.15. The summed E-state index contributed by atoms with van der Waals surface area (Å²) in [5.74, 6) is 0.381. The van der Waals surface area contributed by atoms with Crippen LogP contribution in [0.15, 0.2) is 29.6 Å². The van der Waals surface area contributed by atoms with Crippen molar-refractivity contribution in [2.75, 3.05) is 6.61 Å². The van der Waals surface area contributed by atoms with E-state index in [4.69, 9.17) is 5.11 Å². The van der Waals surface area contributed by atoms with Gasteiger partial charge in [-0.3, -0.25) is 4.79 Å². The molecule has 116 valence electrons. The fraction of sp³-hybridized carbons (Fsp3) is 0.412. The van der Waals surface area contributed by atoms with E-state index in [2.05, 4.69) is 10.3 Å². The number of hydrogen-bond donors (Lipinski definition) is 2. The molecule has 3 rings (SSSR count). The van der Waals surface area contributed by atoms with E-state index in [1.54, 1.807) is 5.38 Å². The summed E-state index contributed by atoms with van der Waals surface area (Å²) in [7, 11) is 0. The predicted octanol–water partition coefficient (Wildman–Crippen LogP) is 3.01. The van der Waals surface area contributed by atoms with Gasteiger partial charge in [-0.25, -0.2) is 4.98 Å². The molecule has 22 heavy (non-hydrogen) atoms. The molecular weight excluding hydrogens is 296 g/mol. The highest BCUT2D eigenvalue weighted by Crippen LogP contribution is 2.34. The van der Waals surface area contributed by atoms with Crippen LogP contribution in [0.3, 0.4) is 0 Å². The van der Waals surface area contributed by atoms with Crippen LogP contribution in [0.1, 0.15) is 35.3 Å². The van der Waals surface area contributed by atoms with Crippen molar-refractivity contribution in [3.63, 3.8) is 0 Å². The standard InChI is InChI=1S/C17H20N2O2S/c1-11-2-4-13(5-3-11)17-19-15(10-22-17)16(21)18-14(8-9-20)12-6-7-12/h2-5,10,12,14,20H,6-9H2,1H3,(H,18,21). The number of rotatable bonds is 6. The van der Waals surface area contributed by atoms with Gasteiger partial charge in [0, 0.05) is 23.6 Å². The minimum absolute atomic E-state index is 0.0713. The predicted molar refractivity (Wildman–Crippen MR) is 88.0 cm³/mol. The van der Waals surface area contributed by atoms with E-state index in [0.717, 1.165) is 23.4 Å². The molecular formula is C17H20N2O2S. The lowest BCUT2D eigenvalue weighted by atomic mass is 10.1. The molecule has 4 nitrogen and oxygen atoms in total. The molecule has 1 aliphatic carbocycles. The first-order valence-corrected chi connectivity index (χ1v) is 8.49. The van der Waals surface area contributed by atoms with Gasteiger partial charge in [-0.2, -0.15) is 0 Å². The lowest BCUT2D eigenvalue weighted by Crippen LogP contribution is -2.37. The third-order valence-electron chi connectivity index (χ3n) is 3.98. The van der Waals surface area contributed by atoms with Crippen molar-refractivity contribution in [3.8, 4) is 10.6 Å². The van der Waals surface area contributed by atoms with Gasteiger partial charge in [0.05, 0.1) is 0 Å². The summed E-state index contributed by atoms with van der Waals surface area (Å²) in [5.41, 5.74) is 2.70. The molecule has 1 aromatic heterocycles. The highest BCUT2D eigenvalue weighted by atomic mass is 32.1. The molecule has 1 heterocycles. The number of benzene rings is 1. The van der Waals surface area contributed by atoms with Gasteiger partial charge in [0.15, 0.2) is 0 Å². The van der Waals surface area contributed by atoms with Crippen LogP contribution in [0.25, 0.3) is 10.6 Å². The second kappa shape index (κ2) is 6.58. The third-order valence-corrected chi connectivity index (χ3v) is 4.87. The number of amides is 1. The van der Waals surface area contributed by atoms with E-state index in [-0.39, 0.29) is 18.6 Å². The normalized spacial score (nSPS) is 15.5. The number of carbonyl (C=O) groups excluding carboxylic acids is 1. The van der Waals surface area contributed by atoms with Crippen LogP contribution in [-0.4, -0.2) is 28.6 Å². The molecule has 1 aromatic carbocycles. The molecule has 0 saturated heterocycles. The zero-order valence-electron chi connectivity index (χ0n) is 12.6. The summed E-state index contributed by atoms with van der Waals surface area (Å²) in [6.07, 6.45) is 2.89. The molecule has 5 heteroatoms. The Morgan fingerprint density at radius 2 is 2.14 bits per heavy atom. The Balaban J connectivity index is 1.69. The molecule has 2 aromatic rings. The second-order valence-electron chi connectivity index (χ2n) is 5.83. The van der Waals surface area contributed by atoms with Crippen molar-refractivity contribution in [3.05, 3.63) is 40.9 Å². The third kappa shape index (κ3) is 3.54. The first-order chi connectivity index (χ1) is 10.7. The van der Waals surface area contributed by atoms with E-state index in [1.165, 1.54) is 16.9 Å². The molecule has 2 N–H and O–H groups in total. The van der Waals surface area contributed by atoms with Crippen LogP contribution < -0.4 is 5.32 Å². The summed E-state index contributed by atoms with van der Waals surface area (Å²) < 4.78 is 0. The van der Waals surface area contributed by atoms with Crippen molar-refractivity contribution in [2.45, 2.75) is 32.2 Å². The number of nitrogens with one attached hydrogen (secondary N) is 1. The topological polar surface area (TPSA) is 62.2 Å².